The van der Waals surface area contributed by atoms with Crippen molar-refractivity contribution in [3.05, 3.63) is 16.1 Å². The Hall–Kier alpha value is -1.43. The smallest absolute Gasteiger partial charge is 0.323 e. The Morgan fingerprint density at radius 1 is 1.60 bits per heavy atom. The van der Waals surface area contributed by atoms with Gasteiger partial charge in [-0.05, 0) is 13.8 Å². The summed E-state index contributed by atoms with van der Waals surface area (Å²) >= 11 is 1.27. The number of likely N-dealkylation sites (N-methyl/N-ethyl adjacent to an activating group) is 1. The second-order valence-corrected chi connectivity index (χ2v) is 4.19. The molecule has 1 heterocycles. The molecule has 0 aliphatic rings. The van der Waals surface area contributed by atoms with E-state index in [4.69, 9.17) is 5.11 Å². The Kier molecular flexibility index (Phi) is 3.79. The molecule has 0 bridgehead atoms. The number of aliphatic carboxylic acids is 1. The molecule has 5 nitrogen and oxygen atoms in total. The molecule has 0 saturated carbocycles. The summed E-state index contributed by atoms with van der Waals surface area (Å²) in [5, 5.41) is 9.41. The van der Waals surface area contributed by atoms with Gasteiger partial charge in [0.1, 0.15) is 11.4 Å². The fourth-order valence-electron chi connectivity index (χ4n) is 1.11. The summed E-state index contributed by atoms with van der Waals surface area (Å²) in [6, 6.07) is 0. The zero-order chi connectivity index (χ0) is 11.4. The van der Waals surface area contributed by atoms with Crippen molar-refractivity contribution >= 4 is 23.2 Å². The van der Waals surface area contributed by atoms with Crippen molar-refractivity contribution in [3.8, 4) is 0 Å². The van der Waals surface area contributed by atoms with E-state index in [0.717, 1.165) is 5.01 Å². The normalized spacial score (nSPS) is 10.0. The van der Waals surface area contributed by atoms with Crippen LogP contribution in [-0.4, -0.2) is 40.0 Å². The quantitative estimate of drug-likeness (QED) is 0.834. The fourth-order valence-corrected chi connectivity index (χ4v) is 1.85. The minimum absolute atomic E-state index is 0.272. The molecule has 6 heteroatoms. The molecular formula is C9H12N2O3S. The number of hydrogen-bond donors (Lipinski definition) is 1. The van der Waals surface area contributed by atoms with Crippen molar-refractivity contribution in [1.82, 2.24) is 9.88 Å². The summed E-state index contributed by atoms with van der Waals surface area (Å²) in [4.78, 5) is 28.0. The van der Waals surface area contributed by atoms with Gasteiger partial charge in [-0.3, -0.25) is 9.59 Å². The molecular weight excluding hydrogens is 216 g/mol. The summed E-state index contributed by atoms with van der Waals surface area (Å²) in [6.07, 6.45) is 1.48. The van der Waals surface area contributed by atoms with Crippen LogP contribution >= 0.6 is 11.3 Å². The number of hydrogen-bond acceptors (Lipinski definition) is 4. The number of aromatic nitrogens is 1. The van der Waals surface area contributed by atoms with Gasteiger partial charge in [0.25, 0.3) is 5.91 Å². The van der Waals surface area contributed by atoms with Gasteiger partial charge in [0, 0.05) is 6.54 Å². The van der Waals surface area contributed by atoms with E-state index < -0.39 is 5.97 Å². The number of carboxylic acids is 1. The number of thiazole rings is 1. The zero-order valence-electron chi connectivity index (χ0n) is 8.56. The predicted octanol–water partition coefficient (Wildman–Crippen LogP) is 0.998. The lowest BCUT2D eigenvalue weighted by Crippen LogP contribution is -2.34. The topological polar surface area (TPSA) is 70.5 Å². The molecule has 1 rings (SSSR count). The van der Waals surface area contributed by atoms with E-state index >= 15 is 0 Å². The van der Waals surface area contributed by atoms with Crippen LogP contribution in [0, 0.1) is 6.92 Å². The standard InChI is InChI=1S/C9H12N2O3S/c1-3-11(5-8(12)13)9(14)7-4-10-6(2)15-7/h4H,3,5H2,1-2H3,(H,12,13). The molecule has 0 aliphatic heterocycles. The van der Waals surface area contributed by atoms with Crippen LogP contribution in [0.2, 0.25) is 0 Å². The molecule has 0 spiro atoms. The molecule has 1 aromatic rings. The molecule has 1 aromatic heterocycles. The van der Waals surface area contributed by atoms with E-state index in [9.17, 15) is 9.59 Å². The first-order valence-corrected chi connectivity index (χ1v) is 5.29. The van der Waals surface area contributed by atoms with Crippen molar-refractivity contribution in [2.45, 2.75) is 13.8 Å². The number of amides is 1. The number of aryl methyl sites for hydroxylation is 1. The average Bonchev–Trinajstić information content (AvgIpc) is 2.60. The first-order valence-electron chi connectivity index (χ1n) is 4.48. The number of carbonyl (C=O) groups excluding carboxylic acids is 1. The first kappa shape index (κ1) is 11.6. The second-order valence-electron chi connectivity index (χ2n) is 2.96. The van der Waals surface area contributed by atoms with Crippen LogP contribution in [-0.2, 0) is 4.79 Å². The summed E-state index contributed by atoms with van der Waals surface area (Å²) in [6.45, 7) is 3.65. The maximum Gasteiger partial charge on any atom is 0.323 e. The Morgan fingerprint density at radius 2 is 2.27 bits per heavy atom. The molecule has 1 amide bonds. The number of nitrogens with zero attached hydrogens (tertiary/aromatic N) is 2. The lowest BCUT2D eigenvalue weighted by Gasteiger charge is -2.16. The third kappa shape index (κ3) is 3.02. The van der Waals surface area contributed by atoms with Crippen molar-refractivity contribution in [2.75, 3.05) is 13.1 Å². The number of carbonyl (C=O) groups is 2. The van der Waals surface area contributed by atoms with Gasteiger partial charge in [-0.25, -0.2) is 4.98 Å². The summed E-state index contributed by atoms with van der Waals surface area (Å²) in [5.74, 6) is -1.28. The van der Waals surface area contributed by atoms with Gasteiger partial charge in [-0.1, -0.05) is 0 Å². The van der Waals surface area contributed by atoms with Crippen LogP contribution in [0.1, 0.15) is 21.6 Å². The van der Waals surface area contributed by atoms with E-state index in [0.29, 0.717) is 11.4 Å². The van der Waals surface area contributed by atoms with Crippen LogP contribution < -0.4 is 0 Å². The molecule has 0 saturated heterocycles. The van der Waals surface area contributed by atoms with Gasteiger partial charge in [0.05, 0.1) is 11.2 Å². The van der Waals surface area contributed by atoms with Gasteiger partial charge < -0.3 is 10.0 Å². The Balaban J connectivity index is 2.77. The number of carboxylic acid groups (broad SMARTS) is 1. The van der Waals surface area contributed by atoms with E-state index in [1.807, 2.05) is 0 Å². The van der Waals surface area contributed by atoms with Gasteiger partial charge in [-0.2, -0.15) is 0 Å². The highest BCUT2D eigenvalue weighted by molar-refractivity contribution is 7.13. The monoisotopic (exact) mass is 228 g/mol. The van der Waals surface area contributed by atoms with Gasteiger partial charge >= 0.3 is 5.97 Å². The van der Waals surface area contributed by atoms with Crippen molar-refractivity contribution in [1.29, 1.82) is 0 Å². The van der Waals surface area contributed by atoms with E-state index in [2.05, 4.69) is 4.98 Å². The Labute approximate surface area is 91.4 Å². The minimum Gasteiger partial charge on any atom is -0.480 e. The average molecular weight is 228 g/mol. The van der Waals surface area contributed by atoms with Crippen molar-refractivity contribution in [3.63, 3.8) is 0 Å². The highest BCUT2D eigenvalue weighted by atomic mass is 32.1. The van der Waals surface area contributed by atoms with Crippen LogP contribution in [0.15, 0.2) is 6.20 Å². The van der Waals surface area contributed by atoms with Crippen LogP contribution in [0.5, 0.6) is 0 Å². The van der Waals surface area contributed by atoms with Crippen LogP contribution in [0.4, 0.5) is 0 Å². The molecule has 15 heavy (non-hydrogen) atoms. The minimum atomic E-state index is -1.01. The van der Waals surface area contributed by atoms with Crippen molar-refractivity contribution < 1.29 is 14.7 Å². The molecule has 82 valence electrons. The molecule has 0 atom stereocenters. The van der Waals surface area contributed by atoms with E-state index in [-0.39, 0.29) is 12.5 Å². The second kappa shape index (κ2) is 4.88. The molecule has 0 radical (unpaired) electrons. The Bertz CT molecular complexity index is 375. The van der Waals surface area contributed by atoms with Gasteiger partial charge in [-0.15, -0.1) is 11.3 Å². The van der Waals surface area contributed by atoms with Crippen molar-refractivity contribution in [2.24, 2.45) is 0 Å². The largest absolute Gasteiger partial charge is 0.480 e. The first-order chi connectivity index (χ1) is 7.04. The molecule has 1 N–H and O–H groups in total. The maximum atomic E-state index is 11.8. The molecule has 0 unspecified atom stereocenters. The van der Waals surface area contributed by atoms with E-state index in [1.54, 1.807) is 13.8 Å². The Morgan fingerprint density at radius 3 is 2.67 bits per heavy atom. The summed E-state index contributed by atoms with van der Waals surface area (Å²) < 4.78 is 0. The van der Waals surface area contributed by atoms with Crippen LogP contribution in [0.25, 0.3) is 0 Å². The number of rotatable bonds is 4. The SMILES string of the molecule is CCN(CC(=O)O)C(=O)c1cnc(C)s1. The van der Waals surface area contributed by atoms with Gasteiger partial charge in [0.2, 0.25) is 0 Å². The zero-order valence-corrected chi connectivity index (χ0v) is 9.37. The highest BCUT2D eigenvalue weighted by Gasteiger charge is 2.18. The summed E-state index contributed by atoms with van der Waals surface area (Å²) in [7, 11) is 0. The molecule has 0 aromatic carbocycles. The predicted molar refractivity (Wildman–Crippen MR) is 56.1 cm³/mol. The third-order valence-corrected chi connectivity index (χ3v) is 2.73. The van der Waals surface area contributed by atoms with E-state index in [1.165, 1.54) is 22.4 Å². The molecule has 0 aliphatic carbocycles. The van der Waals surface area contributed by atoms with Gasteiger partial charge in [0.15, 0.2) is 0 Å². The third-order valence-electron chi connectivity index (χ3n) is 1.83. The fraction of sp³-hybridized carbons (Fsp3) is 0.444. The summed E-state index contributed by atoms with van der Waals surface area (Å²) in [5.41, 5.74) is 0. The highest BCUT2D eigenvalue weighted by Crippen LogP contribution is 2.13. The maximum absolute atomic E-state index is 11.8. The molecule has 0 fully saturated rings. The van der Waals surface area contributed by atoms with Crippen LogP contribution in [0.3, 0.4) is 0 Å². The lowest BCUT2D eigenvalue weighted by atomic mass is 10.4. The lowest BCUT2D eigenvalue weighted by molar-refractivity contribution is -0.137.